The monoisotopic (exact) mass is 527 g/mol. The Kier molecular flexibility index (Phi) is 8.89. The fourth-order valence-electron chi connectivity index (χ4n) is 6.19. The van der Waals surface area contributed by atoms with E-state index in [0.717, 1.165) is 46.4 Å². The highest BCUT2D eigenvalue weighted by Gasteiger charge is 2.28. The van der Waals surface area contributed by atoms with Gasteiger partial charge in [-0.15, -0.1) is 0 Å². The third kappa shape index (κ3) is 6.31. The summed E-state index contributed by atoms with van der Waals surface area (Å²) < 4.78 is 0. The molecular formula is C32H41N5O2. The van der Waals surface area contributed by atoms with Crippen LogP contribution in [-0.2, 0) is 11.3 Å². The molecule has 39 heavy (non-hydrogen) atoms. The van der Waals surface area contributed by atoms with Gasteiger partial charge in [0.2, 0.25) is 5.91 Å². The van der Waals surface area contributed by atoms with Crippen LogP contribution in [0.4, 0.5) is 0 Å². The van der Waals surface area contributed by atoms with Crippen molar-refractivity contribution in [1.82, 2.24) is 20.1 Å². The van der Waals surface area contributed by atoms with Crippen LogP contribution in [0.2, 0.25) is 0 Å². The largest absolute Gasteiger partial charge is 0.349 e. The van der Waals surface area contributed by atoms with E-state index in [1.165, 1.54) is 32.1 Å². The average Bonchev–Trinajstić information content (AvgIpc) is 2.98. The van der Waals surface area contributed by atoms with Crippen LogP contribution in [0.15, 0.2) is 54.6 Å². The first kappa shape index (κ1) is 27.3. The van der Waals surface area contributed by atoms with Crippen LogP contribution in [0.5, 0.6) is 0 Å². The van der Waals surface area contributed by atoms with E-state index in [4.69, 9.17) is 10.7 Å². The molecule has 1 aromatic heterocycles. The van der Waals surface area contributed by atoms with Gasteiger partial charge in [-0.2, -0.15) is 0 Å². The van der Waals surface area contributed by atoms with Crippen molar-refractivity contribution in [3.8, 4) is 11.3 Å². The lowest BCUT2D eigenvalue weighted by Gasteiger charge is -2.35. The molecule has 5 rings (SSSR count). The summed E-state index contributed by atoms with van der Waals surface area (Å²) in [6.45, 7) is 5.96. The normalized spacial score (nSPS) is 17.7. The topological polar surface area (TPSA) is 91.6 Å². The maximum Gasteiger partial charge on any atom is 0.252 e. The molecule has 1 saturated heterocycles. The lowest BCUT2D eigenvalue weighted by Crippen LogP contribution is -2.48. The van der Waals surface area contributed by atoms with Gasteiger partial charge in [0.15, 0.2) is 0 Å². The Hall–Kier alpha value is -3.29. The number of carbonyl (C=O) groups is 2. The molecule has 1 aliphatic carbocycles. The molecule has 1 aliphatic heterocycles. The number of amides is 2. The summed E-state index contributed by atoms with van der Waals surface area (Å²) in [5, 5.41) is 4.29. The smallest absolute Gasteiger partial charge is 0.252 e. The highest BCUT2D eigenvalue weighted by Crippen LogP contribution is 2.33. The minimum atomic E-state index is -0.0179. The van der Waals surface area contributed by atoms with Crippen LogP contribution in [-0.4, -0.2) is 65.4 Å². The van der Waals surface area contributed by atoms with Gasteiger partial charge in [-0.05, 0) is 31.7 Å². The Bertz CT molecular complexity index is 1280. The lowest BCUT2D eigenvalue weighted by atomic mass is 9.84. The quantitative estimate of drug-likeness (QED) is 0.447. The zero-order valence-corrected chi connectivity index (χ0v) is 23.1. The van der Waals surface area contributed by atoms with Gasteiger partial charge in [0.25, 0.3) is 5.91 Å². The second-order valence-electron chi connectivity index (χ2n) is 11.1. The molecule has 7 nitrogen and oxygen atoms in total. The molecule has 0 bridgehead atoms. The van der Waals surface area contributed by atoms with Crippen molar-refractivity contribution in [2.45, 2.75) is 58.0 Å². The third-order valence-corrected chi connectivity index (χ3v) is 8.45. The zero-order chi connectivity index (χ0) is 27.2. The van der Waals surface area contributed by atoms with Crippen LogP contribution in [0, 0.1) is 5.92 Å². The summed E-state index contributed by atoms with van der Waals surface area (Å²) in [6, 6.07) is 18.3. The number of pyridine rings is 1. The number of nitrogens with two attached hydrogens (primary N) is 1. The molecule has 7 heteroatoms. The van der Waals surface area contributed by atoms with E-state index in [2.05, 4.69) is 29.3 Å². The van der Waals surface area contributed by atoms with Crippen molar-refractivity contribution in [1.29, 1.82) is 0 Å². The van der Waals surface area contributed by atoms with Crippen molar-refractivity contribution in [2.75, 3.05) is 32.7 Å². The molecule has 2 amide bonds. The Morgan fingerprint density at radius 3 is 2.38 bits per heavy atom. The van der Waals surface area contributed by atoms with E-state index in [1.807, 2.05) is 47.4 Å². The molecular weight excluding hydrogens is 486 g/mol. The van der Waals surface area contributed by atoms with Gasteiger partial charge in [-0.3, -0.25) is 14.5 Å². The van der Waals surface area contributed by atoms with Gasteiger partial charge in [-0.1, -0.05) is 67.8 Å². The van der Waals surface area contributed by atoms with Crippen LogP contribution in [0.1, 0.15) is 61.4 Å². The molecule has 1 atom stereocenters. The minimum absolute atomic E-state index is 0.0179. The second-order valence-corrected chi connectivity index (χ2v) is 11.1. The fourth-order valence-corrected chi connectivity index (χ4v) is 6.19. The molecule has 3 aromatic rings. The number of benzene rings is 2. The number of hydrogen-bond donors (Lipinski definition) is 2. The van der Waals surface area contributed by atoms with Crippen molar-refractivity contribution >= 4 is 22.7 Å². The molecule has 0 spiro atoms. The summed E-state index contributed by atoms with van der Waals surface area (Å²) in [5.74, 6) is 0.619. The average molecular weight is 528 g/mol. The zero-order valence-electron chi connectivity index (χ0n) is 23.1. The fraction of sp³-hybridized carbons (Fsp3) is 0.469. The van der Waals surface area contributed by atoms with Gasteiger partial charge < -0.3 is 16.0 Å². The number of rotatable bonds is 8. The standard InChI is InChI=1S/C32H41N5O2/c1-23(24-10-4-2-5-11-24)34-32(39)30-26-14-8-9-15-28(26)35-31(25-12-6-3-7-13-25)27(30)22-36-18-20-37(21-19-36)29(38)16-17-33/h3,6-9,12-15,23-24H,2,4-5,10-11,16-22,33H2,1H3,(H,34,39)/t23-/m0/s1. The van der Waals surface area contributed by atoms with E-state index < -0.39 is 0 Å². The highest BCUT2D eigenvalue weighted by molar-refractivity contribution is 6.09. The SMILES string of the molecule is C[C@H](NC(=O)c1c(CN2CCN(C(=O)CCN)CC2)c(-c2ccccc2)nc2ccccc12)C1CCCCC1. The summed E-state index contributed by atoms with van der Waals surface area (Å²) >= 11 is 0. The summed E-state index contributed by atoms with van der Waals surface area (Å²) in [5.41, 5.74) is 9.97. The summed E-state index contributed by atoms with van der Waals surface area (Å²) in [6.07, 6.45) is 6.51. The van der Waals surface area contributed by atoms with Crippen molar-refractivity contribution in [3.05, 3.63) is 65.7 Å². The highest BCUT2D eigenvalue weighted by atomic mass is 16.2. The Balaban J connectivity index is 1.51. The predicted octanol–water partition coefficient (Wildman–Crippen LogP) is 4.59. The number of nitrogens with zero attached hydrogens (tertiary/aromatic N) is 3. The summed E-state index contributed by atoms with van der Waals surface area (Å²) in [4.78, 5) is 35.9. The Morgan fingerprint density at radius 1 is 0.974 bits per heavy atom. The van der Waals surface area contributed by atoms with E-state index in [-0.39, 0.29) is 17.9 Å². The molecule has 0 unspecified atom stereocenters. The number of para-hydroxylation sites is 1. The Labute approximate surface area is 231 Å². The molecule has 2 aromatic carbocycles. The minimum Gasteiger partial charge on any atom is -0.349 e. The Morgan fingerprint density at radius 2 is 1.67 bits per heavy atom. The lowest BCUT2D eigenvalue weighted by molar-refractivity contribution is -0.132. The number of fused-ring (bicyclic) bond motifs is 1. The number of carbonyl (C=O) groups excluding carboxylic acids is 2. The van der Waals surface area contributed by atoms with Crippen LogP contribution >= 0.6 is 0 Å². The van der Waals surface area contributed by atoms with Gasteiger partial charge in [0.1, 0.15) is 0 Å². The molecule has 3 N–H and O–H groups in total. The first-order valence-corrected chi connectivity index (χ1v) is 14.5. The van der Waals surface area contributed by atoms with Crippen LogP contribution < -0.4 is 11.1 Å². The molecule has 2 aliphatic rings. The van der Waals surface area contributed by atoms with Crippen molar-refractivity contribution in [2.24, 2.45) is 11.7 Å². The van der Waals surface area contributed by atoms with E-state index in [9.17, 15) is 9.59 Å². The summed E-state index contributed by atoms with van der Waals surface area (Å²) in [7, 11) is 0. The number of piperazine rings is 1. The van der Waals surface area contributed by atoms with Gasteiger partial charge in [0.05, 0.1) is 16.8 Å². The first-order valence-electron chi connectivity index (χ1n) is 14.5. The number of aromatic nitrogens is 1. The number of hydrogen-bond acceptors (Lipinski definition) is 5. The second kappa shape index (κ2) is 12.7. The third-order valence-electron chi connectivity index (χ3n) is 8.45. The van der Waals surface area contributed by atoms with E-state index in [0.29, 0.717) is 38.5 Å². The van der Waals surface area contributed by atoms with E-state index >= 15 is 0 Å². The van der Waals surface area contributed by atoms with Crippen LogP contribution in [0.25, 0.3) is 22.2 Å². The van der Waals surface area contributed by atoms with Gasteiger partial charge >= 0.3 is 0 Å². The molecule has 2 heterocycles. The first-order chi connectivity index (χ1) is 19.0. The maximum absolute atomic E-state index is 14.1. The van der Waals surface area contributed by atoms with E-state index in [1.54, 1.807) is 0 Å². The molecule has 2 fully saturated rings. The predicted molar refractivity (Wildman–Crippen MR) is 156 cm³/mol. The maximum atomic E-state index is 14.1. The van der Waals surface area contributed by atoms with Gasteiger partial charge in [0, 0.05) is 68.2 Å². The van der Waals surface area contributed by atoms with Crippen LogP contribution in [0.3, 0.4) is 0 Å². The number of nitrogens with one attached hydrogen (secondary N) is 1. The molecule has 0 radical (unpaired) electrons. The van der Waals surface area contributed by atoms with Crippen molar-refractivity contribution < 1.29 is 9.59 Å². The van der Waals surface area contributed by atoms with Crippen molar-refractivity contribution in [3.63, 3.8) is 0 Å². The van der Waals surface area contributed by atoms with Gasteiger partial charge in [-0.25, -0.2) is 4.98 Å². The molecule has 206 valence electrons. The molecule has 1 saturated carbocycles.